The van der Waals surface area contributed by atoms with Crippen LogP contribution in [0.2, 0.25) is 10.0 Å². The molecule has 0 aromatic heterocycles. The maximum Gasteiger partial charge on any atom is 0.243 e. The van der Waals surface area contributed by atoms with Crippen LogP contribution in [0.1, 0.15) is 32.8 Å². The van der Waals surface area contributed by atoms with Crippen molar-refractivity contribution in [3.05, 3.63) is 76.3 Å². The summed E-state index contributed by atoms with van der Waals surface area (Å²) in [5.74, 6) is -0.598. The van der Waals surface area contributed by atoms with Crippen LogP contribution in [0.15, 0.2) is 65.6 Å². The van der Waals surface area contributed by atoms with E-state index in [4.69, 9.17) is 23.2 Å². The number of sulfonamides is 1. The quantitative estimate of drug-likeness (QED) is 0.333. The highest BCUT2D eigenvalue weighted by atomic mass is 35.5. The summed E-state index contributed by atoms with van der Waals surface area (Å²) in [5.41, 5.74) is 0.597. The molecule has 1 N–H and O–H groups in total. The molecule has 10 heteroatoms. The summed E-state index contributed by atoms with van der Waals surface area (Å²) in [5, 5.41) is 5.37. The van der Waals surface area contributed by atoms with Crippen molar-refractivity contribution in [2.45, 2.75) is 44.7 Å². The van der Waals surface area contributed by atoms with Gasteiger partial charge in [-0.3, -0.25) is 9.59 Å². The van der Waals surface area contributed by atoms with E-state index in [-0.39, 0.29) is 23.3 Å². The highest BCUT2D eigenvalue weighted by Gasteiger charge is 2.32. The van der Waals surface area contributed by atoms with Gasteiger partial charge in [0.1, 0.15) is 6.04 Å². The van der Waals surface area contributed by atoms with E-state index < -0.39 is 28.5 Å². The number of carbonyl (C=O) groups is 2. The Hall–Kier alpha value is -2.65. The number of nitrogens with one attached hydrogen (secondary N) is 1. The first kappa shape index (κ1) is 29.9. The zero-order valence-corrected chi connectivity index (χ0v) is 24.3. The van der Waals surface area contributed by atoms with Crippen LogP contribution in [0, 0.1) is 5.92 Å². The molecule has 0 radical (unpaired) electrons. The Morgan fingerprint density at radius 1 is 0.974 bits per heavy atom. The third-order valence-corrected chi connectivity index (χ3v) is 8.60. The number of rotatable bonds is 11. The molecular weight excluding hydrogens is 545 g/mol. The molecule has 3 rings (SSSR count). The lowest BCUT2D eigenvalue weighted by molar-refractivity contribution is -0.141. The van der Waals surface area contributed by atoms with Crippen LogP contribution in [-0.2, 0) is 26.2 Å². The van der Waals surface area contributed by atoms with Gasteiger partial charge < -0.3 is 10.2 Å². The van der Waals surface area contributed by atoms with Gasteiger partial charge in [-0.15, -0.1) is 0 Å². The van der Waals surface area contributed by atoms with Gasteiger partial charge in [-0.25, -0.2) is 8.42 Å². The summed E-state index contributed by atoms with van der Waals surface area (Å²) in [6.45, 7) is 5.78. The van der Waals surface area contributed by atoms with E-state index in [1.54, 1.807) is 37.3 Å². The van der Waals surface area contributed by atoms with Gasteiger partial charge in [-0.05, 0) is 52.9 Å². The zero-order valence-electron chi connectivity index (χ0n) is 21.9. The largest absolute Gasteiger partial charge is 0.354 e. The molecule has 38 heavy (non-hydrogen) atoms. The minimum absolute atomic E-state index is 0.0201. The number of nitrogens with zero attached hydrogens (tertiary/aromatic N) is 2. The summed E-state index contributed by atoms with van der Waals surface area (Å²) >= 11 is 12.4. The Labute approximate surface area is 234 Å². The van der Waals surface area contributed by atoms with Crippen molar-refractivity contribution < 1.29 is 18.0 Å². The molecule has 3 aromatic rings. The average Bonchev–Trinajstić information content (AvgIpc) is 2.88. The lowest BCUT2D eigenvalue weighted by Gasteiger charge is -2.32. The number of hydrogen-bond acceptors (Lipinski definition) is 4. The molecule has 0 aliphatic carbocycles. The molecule has 0 saturated carbocycles. The van der Waals surface area contributed by atoms with E-state index in [2.05, 4.69) is 5.32 Å². The van der Waals surface area contributed by atoms with Crippen LogP contribution >= 0.6 is 23.2 Å². The third kappa shape index (κ3) is 7.26. The first-order chi connectivity index (χ1) is 17.9. The third-order valence-electron chi connectivity index (χ3n) is 6.21. The lowest BCUT2D eigenvalue weighted by Crippen LogP contribution is -2.52. The summed E-state index contributed by atoms with van der Waals surface area (Å²) in [4.78, 5) is 28.2. The van der Waals surface area contributed by atoms with Gasteiger partial charge in [-0.1, -0.05) is 80.4 Å². The van der Waals surface area contributed by atoms with Crippen LogP contribution in [-0.4, -0.2) is 55.6 Å². The van der Waals surface area contributed by atoms with E-state index in [0.717, 1.165) is 15.1 Å². The first-order valence-electron chi connectivity index (χ1n) is 12.4. The van der Waals surface area contributed by atoms with Crippen LogP contribution < -0.4 is 5.32 Å². The second-order valence-electron chi connectivity index (χ2n) is 9.59. The van der Waals surface area contributed by atoms with Crippen molar-refractivity contribution in [1.82, 2.24) is 14.5 Å². The Bertz CT molecular complexity index is 1410. The molecule has 2 amide bonds. The molecule has 1 atom stereocenters. The molecule has 0 bridgehead atoms. The van der Waals surface area contributed by atoms with Gasteiger partial charge in [0.25, 0.3) is 0 Å². The average molecular weight is 579 g/mol. The molecule has 0 fully saturated rings. The molecule has 0 aliphatic rings. The van der Waals surface area contributed by atoms with Crippen molar-refractivity contribution >= 4 is 55.8 Å². The van der Waals surface area contributed by atoms with Gasteiger partial charge in [0.15, 0.2) is 0 Å². The number of hydrogen-bond donors (Lipinski definition) is 1. The second-order valence-corrected chi connectivity index (χ2v) is 12.5. The molecule has 7 nitrogen and oxygen atoms in total. The number of halogens is 2. The Morgan fingerprint density at radius 3 is 2.29 bits per heavy atom. The number of benzene rings is 3. The molecule has 0 aliphatic heterocycles. The van der Waals surface area contributed by atoms with Crippen molar-refractivity contribution in [3.8, 4) is 0 Å². The van der Waals surface area contributed by atoms with E-state index in [9.17, 15) is 18.0 Å². The van der Waals surface area contributed by atoms with Crippen LogP contribution in [0.25, 0.3) is 10.8 Å². The number of carbonyl (C=O) groups excluding carboxylic acids is 2. The van der Waals surface area contributed by atoms with E-state index in [0.29, 0.717) is 28.6 Å². The van der Waals surface area contributed by atoms with Crippen molar-refractivity contribution in [2.75, 3.05) is 20.1 Å². The zero-order chi connectivity index (χ0) is 28.0. The number of likely N-dealkylation sites (N-methyl/N-ethyl adjacent to an activating group) is 1. The fourth-order valence-electron chi connectivity index (χ4n) is 4.05. The standard InChI is InChI=1S/C28H33Cl2N3O4S/c1-5-26(28(35)31-16-19(2)3)33(17-22-10-12-23(29)15-25(22)30)27(34)18-32(4)38(36,37)24-13-11-20-8-6-7-9-21(20)14-24/h6-15,19,26H,5,16-18H2,1-4H3,(H,31,35). The van der Waals surface area contributed by atoms with Crippen LogP contribution in [0.3, 0.4) is 0 Å². The van der Waals surface area contributed by atoms with Crippen molar-refractivity contribution in [2.24, 2.45) is 5.92 Å². The molecule has 0 saturated heterocycles. The maximum atomic E-state index is 13.6. The summed E-state index contributed by atoms with van der Waals surface area (Å²) < 4.78 is 27.8. The van der Waals surface area contributed by atoms with Crippen LogP contribution in [0.5, 0.6) is 0 Å². The monoisotopic (exact) mass is 577 g/mol. The number of amides is 2. The smallest absolute Gasteiger partial charge is 0.243 e. The predicted molar refractivity (Wildman–Crippen MR) is 153 cm³/mol. The van der Waals surface area contributed by atoms with Crippen molar-refractivity contribution in [1.29, 1.82) is 0 Å². The van der Waals surface area contributed by atoms with Gasteiger partial charge in [0, 0.05) is 30.2 Å². The fourth-order valence-corrected chi connectivity index (χ4v) is 5.67. The fraction of sp³-hybridized carbons (Fsp3) is 0.357. The SMILES string of the molecule is CCC(C(=O)NCC(C)C)N(Cc1ccc(Cl)cc1Cl)C(=O)CN(C)S(=O)(=O)c1ccc2ccccc2c1. The number of fused-ring (bicyclic) bond motifs is 1. The molecule has 0 spiro atoms. The van der Waals surface area contributed by atoms with Crippen molar-refractivity contribution in [3.63, 3.8) is 0 Å². The summed E-state index contributed by atoms with van der Waals surface area (Å²) in [6, 6.07) is 16.4. The first-order valence-corrected chi connectivity index (χ1v) is 14.6. The Kier molecular flexibility index (Phi) is 10.2. The molecule has 3 aromatic carbocycles. The Morgan fingerprint density at radius 2 is 1.66 bits per heavy atom. The normalized spacial score (nSPS) is 12.6. The van der Waals surface area contributed by atoms with Gasteiger partial charge >= 0.3 is 0 Å². The second kappa shape index (κ2) is 12.9. The predicted octanol–water partition coefficient (Wildman–Crippen LogP) is 5.35. The topological polar surface area (TPSA) is 86.8 Å². The lowest BCUT2D eigenvalue weighted by atomic mass is 10.1. The summed E-state index contributed by atoms with van der Waals surface area (Å²) in [6.07, 6.45) is 0.335. The minimum atomic E-state index is -3.98. The maximum absolute atomic E-state index is 13.6. The van der Waals surface area contributed by atoms with E-state index in [1.807, 2.05) is 38.1 Å². The van der Waals surface area contributed by atoms with Gasteiger partial charge in [-0.2, -0.15) is 4.31 Å². The highest BCUT2D eigenvalue weighted by Crippen LogP contribution is 2.25. The Balaban J connectivity index is 1.90. The van der Waals surface area contributed by atoms with Crippen LogP contribution in [0.4, 0.5) is 0 Å². The molecule has 204 valence electrons. The van der Waals surface area contributed by atoms with E-state index >= 15 is 0 Å². The highest BCUT2D eigenvalue weighted by molar-refractivity contribution is 7.89. The minimum Gasteiger partial charge on any atom is -0.354 e. The molecule has 0 heterocycles. The van der Waals surface area contributed by atoms with Gasteiger partial charge in [0.05, 0.1) is 11.4 Å². The van der Waals surface area contributed by atoms with E-state index in [1.165, 1.54) is 18.0 Å². The molecular formula is C28H33Cl2N3O4S. The molecule has 1 unspecified atom stereocenters. The summed E-state index contributed by atoms with van der Waals surface area (Å²) in [7, 11) is -2.62. The van der Waals surface area contributed by atoms with Gasteiger partial charge in [0.2, 0.25) is 21.8 Å².